The fourth-order valence-corrected chi connectivity index (χ4v) is 1.52. The molecule has 0 saturated carbocycles. The third-order valence-corrected chi connectivity index (χ3v) is 2.33. The van der Waals surface area contributed by atoms with Gasteiger partial charge in [0.2, 0.25) is 0 Å². The summed E-state index contributed by atoms with van der Waals surface area (Å²) in [5, 5.41) is 9.19. The summed E-state index contributed by atoms with van der Waals surface area (Å²) in [5.74, 6) is 0.381. The van der Waals surface area contributed by atoms with Gasteiger partial charge < -0.3 is 0 Å². The number of nitrogens with zero attached hydrogens (tertiary/aromatic N) is 3. The Hall–Kier alpha value is -2.12. The molecule has 0 unspecified atom stereocenters. The van der Waals surface area contributed by atoms with Crippen LogP contribution in [0.4, 0.5) is 0 Å². The summed E-state index contributed by atoms with van der Waals surface area (Å²) in [5.41, 5.74) is -0.243. The first kappa shape index (κ1) is 10.4. The van der Waals surface area contributed by atoms with E-state index >= 15 is 0 Å². The molecule has 0 bridgehead atoms. The zero-order valence-corrected chi connectivity index (χ0v) is 8.85. The van der Waals surface area contributed by atoms with Crippen LogP contribution in [0.25, 0.3) is 5.82 Å². The maximum absolute atomic E-state index is 11.7. The van der Waals surface area contributed by atoms with E-state index in [1.165, 1.54) is 16.7 Å². The summed E-state index contributed by atoms with van der Waals surface area (Å²) in [6, 6.07) is 9.70. The van der Waals surface area contributed by atoms with Gasteiger partial charge in [0.1, 0.15) is 17.6 Å². The molecule has 0 N–H and O–H groups in total. The number of hydrogen-bond donors (Lipinski definition) is 0. The molecule has 0 aromatic carbocycles. The highest BCUT2D eigenvalue weighted by molar-refractivity contribution is 6.31. The fourth-order valence-electron chi connectivity index (χ4n) is 1.33. The zero-order valence-electron chi connectivity index (χ0n) is 8.09. The highest BCUT2D eigenvalue weighted by Gasteiger charge is 2.10. The quantitative estimate of drug-likeness (QED) is 0.751. The van der Waals surface area contributed by atoms with Gasteiger partial charge in [0.05, 0.1) is 5.02 Å². The largest absolute Gasteiger partial charge is 0.269 e. The van der Waals surface area contributed by atoms with E-state index in [0.717, 1.165) is 0 Å². The second kappa shape index (κ2) is 4.17. The summed E-state index contributed by atoms with van der Waals surface area (Å²) < 4.78 is 1.18. The van der Waals surface area contributed by atoms with Gasteiger partial charge in [-0.2, -0.15) is 5.26 Å². The predicted molar refractivity (Wildman–Crippen MR) is 59.6 cm³/mol. The standard InChI is InChI=1S/C11H6ClN3O/c12-8-4-5-11(16)15(9(8)7-13)10-3-1-2-6-14-10/h1-6H. The monoisotopic (exact) mass is 231 g/mol. The van der Waals surface area contributed by atoms with E-state index in [1.807, 2.05) is 6.07 Å². The second-order valence-electron chi connectivity index (χ2n) is 3.00. The average molecular weight is 232 g/mol. The lowest BCUT2D eigenvalue weighted by Crippen LogP contribution is -2.20. The molecule has 2 rings (SSSR count). The lowest BCUT2D eigenvalue weighted by atomic mass is 10.3. The molecule has 0 saturated heterocycles. The van der Waals surface area contributed by atoms with Crippen molar-refractivity contribution in [3.05, 3.63) is 57.6 Å². The second-order valence-corrected chi connectivity index (χ2v) is 3.41. The Kier molecular flexibility index (Phi) is 2.71. The SMILES string of the molecule is N#Cc1c(Cl)ccc(=O)n1-c1ccccn1. The van der Waals surface area contributed by atoms with Gasteiger partial charge in [0, 0.05) is 12.3 Å². The van der Waals surface area contributed by atoms with Crippen molar-refractivity contribution in [1.29, 1.82) is 5.26 Å². The van der Waals surface area contributed by atoms with Crippen LogP contribution in [0.15, 0.2) is 41.3 Å². The number of rotatable bonds is 1. The fraction of sp³-hybridized carbons (Fsp3) is 0. The molecule has 0 amide bonds. The van der Waals surface area contributed by atoms with Crippen molar-refractivity contribution >= 4 is 11.6 Å². The summed E-state index contributed by atoms with van der Waals surface area (Å²) in [6.45, 7) is 0. The molecule has 2 aromatic heterocycles. The topological polar surface area (TPSA) is 58.7 Å². The van der Waals surface area contributed by atoms with Crippen molar-refractivity contribution in [2.45, 2.75) is 0 Å². The smallest absolute Gasteiger partial charge is 0.257 e. The molecule has 0 aliphatic rings. The minimum atomic E-state index is -0.334. The highest BCUT2D eigenvalue weighted by atomic mass is 35.5. The number of nitriles is 1. The Balaban J connectivity index is 2.80. The van der Waals surface area contributed by atoms with Gasteiger partial charge in [0.15, 0.2) is 0 Å². The van der Waals surface area contributed by atoms with Crippen LogP contribution in [-0.2, 0) is 0 Å². The molecule has 16 heavy (non-hydrogen) atoms. The first-order valence-electron chi connectivity index (χ1n) is 4.47. The van der Waals surface area contributed by atoms with E-state index in [4.69, 9.17) is 16.9 Å². The first-order valence-corrected chi connectivity index (χ1v) is 4.85. The van der Waals surface area contributed by atoms with E-state index in [9.17, 15) is 4.79 Å². The van der Waals surface area contributed by atoms with E-state index in [2.05, 4.69) is 4.98 Å². The van der Waals surface area contributed by atoms with Crippen LogP contribution in [-0.4, -0.2) is 9.55 Å². The minimum absolute atomic E-state index is 0.0906. The summed E-state index contributed by atoms with van der Waals surface area (Å²) in [7, 11) is 0. The Morgan fingerprint density at radius 1 is 1.31 bits per heavy atom. The molecule has 2 heterocycles. The highest BCUT2D eigenvalue weighted by Crippen LogP contribution is 2.14. The third-order valence-electron chi connectivity index (χ3n) is 2.03. The van der Waals surface area contributed by atoms with Crippen LogP contribution < -0.4 is 5.56 Å². The van der Waals surface area contributed by atoms with E-state index in [1.54, 1.807) is 24.4 Å². The van der Waals surface area contributed by atoms with Crippen molar-refractivity contribution in [2.24, 2.45) is 0 Å². The number of aromatic nitrogens is 2. The van der Waals surface area contributed by atoms with Crippen LogP contribution >= 0.6 is 11.6 Å². The zero-order chi connectivity index (χ0) is 11.5. The number of halogens is 1. The molecular weight excluding hydrogens is 226 g/mol. The molecule has 0 spiro atoms. The molecule has 0 aliphatic heterocycles. The molecule has 78 valence electrons. The van der Waals surface area contributed by atoms with Crippen LogP contribution in [0.1, 0.15) is 5.69 Å². The van der Waals surface area contributed by atoms with Gasteiger partial charge >= 0.3 is 0 Å². The number of hydrogen-bond acceptors (Lipinski definition) is 3. The van der Waals surface area contributed by atoms with Gasteiger partial charge in [-0.3, -0.25) is 4.79 Å². The Morgan fingerprint density at radius 2 is 2.12 bits per heavy atom. The van der Waals surface area contributed by atoms with Crippen molar-refractivity contribution in [3.63, 3.8) is 0 Å². The molecule has 2 aromatic rings. The molecule has 5 heteroatoms. The Morgan fingerprint density at radius 3 is 2.75 bits per heavy atom. The molecular formula is C11H6ClN3O. The Bertz CT molecular complexity index is 613. The van der Waals surface area contributed by atoms with Gasteiger partial charge in [-0.1, -0.05) is 17.7 Å². The lowest BCUT2D eigenvalue weighted by molar-refractivity contribution is 0.922. The Labute approximate surface area is 96.4 Å². The summed E-state index contributed by atoms with van der Waals surface area (Å²) >= 11 is 5.84. The third kappa shape index (κ3) is 1.69. The van der Waals surface area contributed by atoms with Gasteiger partial charge in [-0.05, 0) is 18.2 Å². The normalized spacial score (nSPS) is 9.75. The van der Waals surface area contributed by atoms with Crippen molar-refractivity contribution < 1.29 is 0 Å². The van der Waals surface area contributed by atoms with Crippen LogP contribution in [0, 0.1) is 11.3 Å². The van der Waals surface area contributed by atoms with Gasteiger partial charge in [-0.25, -0.2) is 9.55 Å². The average Bonchev–Trinajstić information content (AvgIpc) is 2.33. The molecule has 4 nitrogen and oxygen atoms in total. The lowest BCUT2D eigenvalue weighted by Gasteiger charge is -2.07. The van der Waals surface area contributed by atoms with E-state index < -0.39 is 0 Å². The van der Waals surface area contributed by atoms with E-state index in [-0.39, 0.29) is 16.3 Å². The molecule has 0 aliphatic carbocycles. The van der Waals surface area contributed by atoms with E-state index in [0.29, 0.717) is 5.82 Å². The van der Waals surface area contributed by atoms with Crippen molar-refractivity contribution in [3.8, 4) is 11.9 Å². The first-order chi connectivity index (χ1) is 7.74. The maximum atomic E-state index is 11.7. The van der Waals surface area contributed by atoms with Crippen molar-refractivity contribution in [2.75, 3.05) is 0 Å². The van der Waals surface area contributed by atoms with Crippen LogP contribution in [0.5, 0.6) is 0 Å². The van der Waals surface area contributed by atoms with Gasteiger partial charge in [-0.15, -0.1) is 0 Å². The number of pyridine rings is 2. The van der Waals surface area contributed by atoms with Crippen molar-refractivity contribution in [1.82, 2.24) is 9.55 Å². The van der Waals surface area contributed by atoms with Crippen LogP contribution in [0.3, 0.4) is 0 Å². The predicted octanol–water partition coefficient (Wildman–Crippen LogP) is 1.76. The summed E-state index contributed by atoms with van der Waals surface area (Å²) in [4.78, 5) is 15.7. The molecule has 0 atom stereocenters. The minimum Gasteiger partial charge on any atom is -0.269 e. The summed E-state index contributed by atoms with van der Waals surface area (Å²) in [6.07, 6.45) is 1.55. The molecule has 0 fully saturated rings. The molecule has 0 radical (unpaired) electrons. The van der Waals surface area contributed by atoms with Gasteiger partial charge in [0.25, 0.3) is 5.56 Å². The maximum Gasteiger partial charge on any atom is 0.257 e. The van der Waals surface area contributed by atoms with Crippen LogP contribution in [0.2, 0.25) is 5.02 Å².